The molecule has 0 aliphatic carbocycles. The number of ether oxygens (including phenoxy) is 1. The van der Waals surface area contributed by atoms with Crippen molar-refractivity contribution in [3.8, 4) is 0 Å². The van der Waals surface area contributed by atoms with Gasteiger partial charge >= 0.3 is 15.2 Å². The minimum Gasteiger partial charge on any atom is -0.468 e. The summed E-state index contributed by atoms with van der Waals surface area (Å²) in [5.41, 5.74) is 0. The number of methoxy groups -OCH3 is 1. The number of hydrogen-bond acceptors (Lipinski definition) is 4. The second kappa shape index (κ2) is 4.46. The van der Waals surface area contributed by atoms with Gasteiger partial charge in [-0.05, 0) is 19.3 Å². The van der Waals surface area contributed by atoms with Crippen molar-refractivity contribution in [2.75, 3.05) is 13.7 Å². The molecule has 0 aromatic rings. The Hall–Kier alpha value is -0.330. The maximum atomic E-state index is 11.2. The normalized spacial score (nSPS) is 24.6. The van der Waals surface area contributed by atoms with Gasteiger partial charge in [-0.25, -0.2) is 0 Å². The molecule has 0 saturated carbocycles. The summed E-state index contributed by atoms with van der Waals surface area (Å²) in [4.78, 5) is 11.2. The Balaban J connectivity index is 2.85. The highest BCUT2D eigenvalue weighted by molar-refractivity contribution is 8.11. The molecule has 1 heterocycles. The second-order valence-electron chi connectivity index (χ2n) is 3.09. The van der Waals surface area contributed by atoms with Gasteiger partial charge in [-0.15, -0.1) is 0 Å². The molecule has 1 fully saturated rings. The molecule has 1 aliphatic rings. The van der Waals surface area contributed by atoms with Crippen LogP contribution in [0.25, 0.3) is 0 Å². The highest BCUT2D eigenvalue weighted by Crippen LogP contribution is 2.23. The van der Waals surface area contributed by atoms with E-state index in [2.05, 4.69) is 4.74 Å². The molecule has 0 spiro atoms. The fourth-order valence-electron chi connectivity index (χ4n) is 1.54. The van der Waals surface area contributed by atoms with E-state index < -0.39 is 21.2 Å². The molecule has 7 heteroatoms. The number of halogens is 1. The highest BCUT2D eigenvalue weighted by atomic mass is 35.7. The van der Waals surface area contributed by atoms with Gasteiger partial charge in [0.2, 0.25) is 0 Å². The number of carbonyl (C=O) groups is 1. The van der Waals surface area contributed by atoms with Crippen molar-refractivity contribution in [1.82, 2.24) is 4.31 Å². The van der Waals surface area contributed by atoms with Gasteiger partial charge in [-0.3, -0.25) is 4.79 Å². The van der Waals surface area contributed by atoms with E-state index >= 15 is 0 Å². The largest absolute Gasteiger partial charge is 0.468 e. The summed E-state index contributed by atoms with van der Waals surface area (Å²) in [6, 6.07) is -0.753. The summed E-state index contributed by atoms with van der Waals surface area (Å²) in [6.45, 7) is 0.283. The van der Waals surface area contributed by atoms with Crippen LogP contribution in [0.4, 0.5) is 0 Å². The van der Waals surface area contributed by atoms with E-state index in [1.54, 1.807) is 0 Å². The lowest BCUT2D eigenvalue weighted by Crippen LogP contribution is -2.46. The van der Waals surface area contributed by atoms with Crippen molar-refractivity contribution in [3.05, 3.63) is 0 Å². The maximum Gasteiger partial charge on any atom is 0.324 e. The lowest BCUT2D eigenvalue weighted by Gasteiger charge is -2.30. The van der Waals surface area contributed by atoms with Gasteiger partial charge in [0.1, 0.15) is 6.04 Å². The van der Waals surface area contributed by atoms with Crippen LogP contribution in [0.3, 0.4) is 0 Å². The molecule has 0 bridgehead atoms. The molecule has 1 aliphatic heterocycles. The van der Waals surface area contributed by atoms with Crippen LogP contribution in [0.5, 0.6) is 0 Å². The van der Waals surface area contributed by atoms with Crippen molar-refractivity contribution in [1.29, 1.82) is 0 Å². The van der Waals surface area contributed by atoms with E-state index in [1.807, 2.05) is 0 Å². The highest BCUT2D eigenvalue weighted by Gasteiger charge is 2.36. The van der Waals surface area contributed by atoms with E-state index in [-0.39, 0.29) is 6.54 Å². The average molecular weight is 242 g/mol. The Morgan fingerprint density at radius 2 is 2.14 bits per heavy atom. The van der Waals surface area contributed by atoms with Gasteiger partial charge in [0.25, 0.3) is 0 Å². The SMILES string of the molecule is COC(=O)C1CCCCN1S(=O)(=O)Cl. The number of rotatable bonds is 2. The number of piperidine rings is 1. The Labute approximate surface area is 87.5 Å². The van der Waals surface area contributed by atoms with Crippen molar-refractivity contribution in [2.24, 2.45) is 0 Å². The molecule has 1 rings (SSSR count). The second-order valence-corrected chi connectivity index (χ2v) is 5.55. The molecule has 0 aromatic heterocycles. The van der Waals surface area contributed by atoms with E-state index in [4.69, 9.17) is 10.7 Å². The minimum atomic E-state index is -3.83. The van der Waals surface area contributed by atoms with Crippen LogP contribution in [0, 0.1) is 0 Å². The zero-order valence-corrected chi connectivity index (χ0v) is 9.34. The first-order valence-electron chi connectivity index (χ1n) is 4.26. The van der Waals surface area contributed by atoms with Crippen LogP contribution in [-0.2, 0) is 18.8 Å². The molecular weight excluding hydrogens is 230 g/mol. The van der Waals surface area contributed by atoms with E-state index in [9.17, 15) is 13.2 Å². The predicted octanol–water partition coefficient (Wildman–Crippen LogP) is 0.497. The van der Waals surface area contributed by atoms with Crippen molar-refractivity contribution < 1.29 is 17.9 Å². The molecular formula is C7H12ClNO4S. The summed E-state index contributed by atoms with van der Waals surface area (Å²) >= 11 is 0. The molecule has 0 radical (unpaired) electrons. The molecule has 82 valence electrons. The minimum absolute atomic E-state index is 0.283. The summed E-state index contributed by atoms with van der Waals surface area (Å²) in [5.74, 6) is -0.547. The molecule has 0 aromatic carbocycles. The van der Waals surface area contributed by atoms with Crippen LogP contribution in [0.2, 0.25) is 0 Å². The molecule has 0 N–H and O–H groups in total. The molecule has 1 saturated heterocycles. The Kier molecular flexibility index (Phi) is 3.74. The molecule has 1 unspecified atom stereocenters. The van der Waals surface area contributed by atoms with Crippen LogP contribution in [0.1, 0.15) is 19.3 Å². The van der Waals surface area contributed by atoms with Gasteiger partial charge in [-0.2, -0.15) is 12.7 Å². The fourth-order valence-corrected chi connectivity index (χ4v) is 2.88. The van der Waals surface area contributed by atoms with Gasteiger partial charge in [-0.1, -0.05) is 0 Å². The third-order valence-corrected chi connectivity index (χ3v) is 3.74. The topological polar surface area (TPSA) is 63.7 Å². The summed E-state index contributed by atoms with van der Waals surface area (Å²) in [6.07, 6.45) is 2.00. The van der Waals surface area contributed by atoms with Crippen LogP contribution in [0.15, 0.2) is 0 Å². The smallest absolute Gasteiger partial charge is 0.324 e. The van der Waals surface area contributed by atoms with Crippen LogP contribution >= 0.6 is 10.7 Å². The standard InChI is InChI=1S/C7H12ClNO4S/c1-13-7(10)6-4-2-3-5-9(6)14(8,11)12/h6H,2-5H2,1H3. The first-order valence-corrected chi connectivity index (χ1v) is 6.52. The number of esters is 1. The zero-order valence-electron chi connectivity index (χ0n) is 7.77. The molecule has 5 nitrogen and oxygen atoms in total. The van der Waals surface area contributed by atoms with Crippen molar-refractivity contribution in [2.45, 2.75) is 25.3 Å². The zero-order chi connectivity index (χ0) is 10.8. The third kappa shape index (κ3) is 2.59. The summed E-state index contributed by atoms with van der Waals surface area (Å²) < 4.78 is 27.7. The number of nitrogens with zero attached hydrogens (tertiary/aromatic N) is 1. The van der Waals surface area contributed by atoms with Crippen molar-refractivity contribution >= 4 is 25.9 Å². The first-order chi connectivity index (χ1) is 6.46. The fraction of sp³-hybridized carbons (Fsp3) is 0.857. The van der Waals surface area contributed by atoms with E-state index in [0.717, 1.165) is 17.1 Å². The average Bonchev–Trinajstić information content (AvgIpc) is 2.15. The maximum absolute atomic E-state index is 11.2. The molecule has 1 atom stereocenters. The monoisotopic (exact) mass is 241 g/mol. The van der Waals surface area contributed by atoms with E-state index in [0.29, 0.717) is 6.42 Å². The Morgan fingerprint density at radius 3 is 2.64 bits per heavy atom. The number of carbonyl (C=O) groups excluding carboxylic acids is 1. The number of hydrogen-bond donors (Lipinski definition) is 0. The Morgan fingerprint density at radius 1 is 1.50 bits per heavy atom. The Bertz CT molecular complexity index is 316. The van der Waals surface area contributed by atoms with Gasteiger partial charge in [0, 0.05) is 17.2 Å². The summed E-state index contributed by atoms with van der Waals surface area (Å²) in [7, 11) is 2.60. The van der Waals surface area contributed by atoms with Gasteiger partial charge in [0.05, 0.1) is 7.11 Å². The van der Waals surface area contributed by atoms with E-state index in [1.165, 1.54) is 7.11 Å². The van der Waals surface area contributed by atoms with Crippen LogP contribution < -0.4 is 0 Å². The van der Waals surface area contributed by atoms with Gasteiger partial charge in [0.15, 0.2) is 0 Å². The summed E-state index contributed by atoms with van der Waals surface area (Å²) in [5, 5.41) is 0. The van der Waals surface area contributed by atoms with Crippen LogP contribution in [-0.4, -0.2) is 38.4 Å². The lowest BCUT2D eigenvalue weighted by atomic mass is 10.1. The molecule has 14 heavy (non-hydrogen) atoms. The quantitative estimate of drug-likeness (QED) is 0.522. The van der Waals surface area contributed by atoms with Crippen molar-refractivity contribution in [3.63, 3.8) is 0 Å². The third-order valence-electron chi connectivity index (χ3n) is 2.21. The predicted molar refractivity (Wildman–Crippen MR) is 51.1 cm³/mol. The van der Waals surface area contributed by atoms with Gasteiger partial charge < -0.3 is 4.74 Å². The molecule has 0 amide bonds. The first kappa shape index (κ1) is 11.7. The lowest BCUT2D eigenvalue weighted by molar-refractivity contribution is -0.146.